The minimum absolute atomic E-state index is 0.154. The van der Waals surface area contributed by atoms with E-state index in [2.05, 4.69) is 51.6 Å². The van der Waals surface area contributed by atoms with E-state index in [-0.39, 0.29) is 5.41 Å². The van der Waals surface area contributed by atoms with Crippen LogP contribution < -0.4 is 4.74 Å². The molecule has 0 unspecified atom stereocenters. The van der Waals surface area contributed by atoms with E-state index >= 15 is 0 Å². The number of carbonyl (C=O) groups is 1. The van der Waals surface area contributed by atoms with Crippen molar-refractivity contribution in [1.82, 2.24) is 0 Å². The molecule has 2 nitrogen and oxygen atoms in total. The smallest absolute Gasteiger partial charge is 0.335 e. The Morgan fingerprint density at radius 1 is 0.952 bits per heavy atom. The quantitative estimate of drug-likeness (QED) is 0.461. The third kappa shape index (κ3) is 3.82. The maximum Gasteiger partial charge on any atom is 0.335 e. The number of hydrogen-bond donors (Lipinski definition) is 0. The van der Waals surface area contributed by atoms with Gasteiger partial charge >= 0.3 is 5.97 Å². The van der Waals surface area contributed by atoms with Crippen LogP contribution in [0.2, 0.25) is 0 Å². The van der Waals surface area contributed by atoms with Crippen LogP contribution >= 0.6 is 0 Å². The minimum Gasteiger partial charge on any atom is -0.423 e. The second-order valence-corrected chi connectivity index (χ2v) is 5.98. The van der Waals surface area contributed by atoms with Gasteiger partial charge in [-0.2, -0.15) is 0 Å². The van der Waals surface area contributed by atoms with Gasteiger partial charge in [0.05, 0.1) is 0 Å². The monoisotopic (exact) mass is 280 g/mol. The molecule has 0 heterocycles. The summed E-state index contributed by atoms with van der Waals surface area (Å²) >= 11 is 0. The van der Waals surface area contributed by atoms with Crippen LogP contribution in [0.25, 0.3) is 11.1 Å². The molecule has 2 rings (SSSR count). The van der Waals surface area contributed by atoms with Gasteiger partial charge in [0.1, 0.15) is 5.75 Å². The summed E-state index contributed by atoms with van der Waals surface area (Å²) in [6, 6.07) is 16.0. The van der Waals surface area contributed by atoms with Crippen molar-refractivity contribution in [1.29, 1.82) is 0 Å². The maximum absolute atomic E-state index is 11.1. The van der Waals surface area contributed by atoms with Crippen LogP contribution in [0.4, 0.5) is 0 Å². The number of hydrogen-bond acceptors (Lipinski definition) is 2. The Bertz CT molecular complexity index is 629. The van der Waals surface area contributed by atoms with Gasteiger partial charge in [-0.15, -0.1) is 0 Å². The Balaban J connectivity index is 2.19. The van der Waals surface area contributed by atoms with Crippen LogP contribution in [0, 0.1) is 0 Å². The first-order valence-corrected chi connectivity index (χ1v) is 6.95. The molecular weight excluding hydrogens is 260 g/mol. The van der Waals surface area contributed by atoms with E-state index in [1.807, 2.05) is 12.1 Å². The molecule has 21 heavy (non-hydrogen) atoms. The molecule has 2 aromatic rings. The second-order valence-electron chi connectivity index (χ2n) is 5.98. The molecule has 0 aromatic heterocycles. The molecule has 0 bridgehead atoms. The van der Waals surface area contributed by atoms with E-state index in [9.17, 15) is 4.79 Å². The van der Waals surface area contributed by atoms with Crippen LogP contribution in [0.15, 0.2) is 61.2 Å². The zero-order chi connectivity index (χ0) is 15.5. The lowest BCUT2D eigenvalue weighted by Crippen LogP contribution is -2.10. The Kier molecular flexibility index (Phi) is 4.27. The van der Waals surface area contributed by atoms with Crippen molar-refractivity contribution in [2.45, 2.75) is 26.2 Å². The molecule has 0 N–H and O–H groups in total. The molecule has 0 saturated carbocycles. The molecule has 0 aliphatic carbocycles. The lowest BCUT2D eigenvalue weighted by molar-refractivity contribution is -0.128. The molecule has 0 fully saturated rings. The van der Waals surface area contributed by atoms with Crippen molar-refractivity contribution >= 4 is 5.97 Å². The van der Waals surface area contributed by atoms with Gasteiger partial charge in [-0.1, -0.05) is 63.7 Å². The van der Waals surface area contributed by atoms with Crippen LogP contribution in [0.5, 0.6) is 5.75 Å². The van der Waals surface area contributed by atoms with Crippen molar-refractivity contribution in [2.24, 2.45) is 0 Å². The zero-order valence-electron chi connectivity index (χ0n) is 12.7. The summed E-state index contributed by atoms with van der Waals surface area (Å²) in [4.78, 5) is 11.1. The van der Waals surface area contributed by atoms with Crippen LogP contribution in [0.1, 0.15) is 26.3 Å². The number of carbonyl (C=O) groups excluding carboxylic acids is 1. The van der Waals surface area contributed by atoms with Crippen LogP contribution in [-0.2, 0) is 10.2 Å². The highest BCUT2D eigenvalue weighted by atomic mass is 16.5. The van der Waals surface area contributed by atoms with Gasteiger partial charge in [0.15, 0.2) is 0 Å². The Labute approximate surface area is 126 Å². The van der Waals surface area contributed by atoms with Crippen LogP contribution in [0.3, 0.4) is 0 Å². The summed E-state index contributed by atoms with van der Waals surface area (Å²) < 4.78 is 5.06. The number of esters is 1. The molecule has 0 radical (unpaired) electrons. The summed E-state index contributed by atoms with van der Waals surface area (Å²) in [6.07, 6.45) is 1.15. The van der Waals surface area contributed by atoms with Gasteiger partial charge in [-0.3, -0.25) is 0 Å². The SMILES string of the molecule is C=CC(=O)Oc1ccc(-c2ccc(C(C)(C)C)cc2)cc1. The molecule has 108 valence electrons. The highest BCUT2D eigenvalue weighted by Gasteiger charge is 2.13. The van der Waals surface area contributed by atoms with E-state index in [0.29, 0.717) is 5.75 Å². The average molecular weight is 280 g/mol. The first-order chi connectivity index (χ1) is 9.90. The fourth-order valence-electron chi connectivity index (χ4n) is 2.04. The fourth-order valence-corrected chi connectivity index (χ4v) is 2.04. The van der Waals surface area contributed by atoms with E-state index < -0.39 is 5.97 Å². The maximum atomic E-state index is 11.1. The van der Waals surface area contributed by atoms with Gasteiger partial charge in [-0.05, 0) is 34.2 Å². The van der Waals surface area contributed by atoms with E-state index in [4.69, 9.17) is 4.74 Å². The van der Waals surface area contributed by atoms with Crippen molar-refractivity contribution in [3.05, 3.63) is 66.7 Å². The van der Waals surface area contributed by atoms with Gasteiger partial charge in [0.25, 0.3) is 0 Å². The lowest BCUT2D eigenvalue weighted by atomic mass is 9.86. The molecule has 2 aromatic carbocycles. The van der Waals surface area contributed by atoms with E-state index in [1.165, 1.54) is 5.56 Å². The summed E-state index contributed by atoms with van der Waals surface area (Å²) in [5.41, 5.74) is 3.70. The molecule has 0 aliphatic heterocycles. The summed E-state index contributed by atoms with van der Waals surface area (Å²) in [5.74, 6) is 0.0761. The summed E-state index contributed by atoms with van der Waals surface area (Å²) in [6.45, 7) is 9.97. The predicted molar refractivity (Wildman–Crippen MR) is 86.4 cm³/mol. The number of rotatable bonds is 3. The molecule has 0 atom stereocenters. The highest BCUT2D eigenvalue weighted by Crippen LogP contribution is 2.27. The van der Waals surface area contributed by atoms with Crippen molar-refractivity contribution < 1.29 is 9.53 Å². The predicted octanol–water partition coefficient (Wildman–Crippen LogP) is 4.74. The minimum atomic E-state index is -0.447. The first-order valence-electron chi connectivity index (χ1n) is 6.95. The molecule has 0 amide bonds. The molecule has 0 aliphatic rings. The van der Waals surface area contributed by atoms with Gasteiger partial charge in [-0.25, -0.2) is 4.79 Å². The molecule has 2 heteroatoms. The Morgan fingerprint density at radius 2 is 1.43 bits per heavy atom. The zero-order valence-corrected chi connectivity index (χ0v) is 12.7. The normalized spacial score (nSPS) is 11.0. The van der Waals surface area contributed by atoms with E-state index in [0.717, 1.165) is 17.2 Å². The third-order valence-electron chi connectivity index (χ3n) is 3.32. The lowest BCUT2D eigenvalue weighted by Gasteiger charge is -2.19. The number of benzene rings is 2. The van der Waals surface area contributed by atoms with Gasteiger partial charge in [0.2, 0.25) is 0 Å². The third-order valence-corrected chi connectivity index (χ3v) is 3.32. The highest BCUT2D eigenvalue weighted by molar-refractivity contribution is 5.83. The summed E-state index contributed by atoms with van der Waals surface area (Å²) in [7, 11) is 0. The molecular formula is C19H20O2. The van der Waals surface area contributed by atoms with Gasteiger partial charge < -0.3 is 4.74 Å². The van der Waals surface area contributed by atoms with Gasteiger partial charge in [0, 0.05) is 6.08 Å². The topological polar surface area (TPSA) is 26.3 Å². The molecule has 0 spiro atoms. The van der Waals surface area contributed by atoms with Crippen molar-refractivity contribution in [3.63, 3.8) is 0 Å². The Hall–Kier alpha value is -2.35. The largest absolute Gasteiger partial charge is 0.423 e. The average Bonchev–Trinajstić information content (AvgIpc) is 2.47. The Morgan fingerprint density at radius 3 is 1.86 bits per heavy atom. The summed E-state index contributed by atoms with van der Waals surface area (Å²) in [5, 5.41) is 0. The van der Waals surface area contributed by atoms with Crippen molar-refractivity contribution in [3.8, 4) is 16.9 Å². The fraction of sp³-hybridized carbons (Fsp3) is 0.211. The second kappa shape index (κ2) is 5.96. The van der Waals surface area contributed by atoms with E-state index in [1.54, 1.807) is 12.1 Å². The van der Waals surface area contributed by atoms with Crippen LogP contribution in [-0.4, -0.2) is 5.97 Å². The molecule has 0 saturated heterocycles. The standard InChI is InChI=1S/C19H20O2/c1-5-18(20)21-17-12-8-15(9-13-17)14-6-10-16(11-7-14)19(2,3)4/h5-13H,1H2,2-4H3. The first kappa shape index (κ1) is 15.0. The van der Waals surface area contributed by atoms with Crippen molar-refractivity contribution in [2.75, 3.05) is 0 Å². The number of ether oxygens (including phenoxy) is 1.